The van der Waals surface area contributed by atoms with E-state index in [0.717, 1.165) is 19.3 Å². The first kappa shape index (κ1) is 15.3. The summed E-state index contributed by atoms with van der Waals surface area (Å²) in [6.45, 7) is 6.01. The van der Waals surface area contributed by atoms with Crippen molar-refractivity contribution in [3.63, 3.8) is 0 Å². The fraction of sp³-hybridized carbons (Fsp3) is 0.867. The molecule has 0 spiro atoms. The van der Waals surface area contributed by atoms with Gasteiger partial charge in [0.1, 0.15) is 0 Å². The molecule has 0 aromatic rings. The zero-order valence-electron chi connectivity index (χ0n) is 12.7. The molecular formula is C15H27N3O2. The molecule has 1 aliphatic heterocycles. The predicted octanol–water partition coefficient (Wildman–Crippen LogP) is 0.879. The van der Waals surface area contributed by atoms with E-state index in [4.69, 9.17) is 5.73 Å². The zero-order valence-corrected chi connectivity index (χ0v) is 12.7. The summed E-state index contributed by atoms with van der Waals surface area (Å²) in [5.74, 6) is 0.328. The third-order valence-corrected chi connectivity index (χ3v) is 4.95. The third kappa shape index (κ3) is 3.72. The summed E-state index contributed by atoms with van der Waals surface area (Å²) >= 11 is 0. The molecule has 1 saturated carbocycles. The Hall–Kier alpha value is -1.10. The number of carbonyl (C=O) groups is 2. The number of amides is 2. The third-order valence-electron chi connectivity index (χ3n) is 4.95. The van der Waals surface area contributed by atoms with E-state index < -0.39 is 11.8 Å². The molecule has 1 aliphatic carbocycles. The Labute approximate surface area is 121 Å². The summed E-state index contributed by atoms with van der Waals surface area (Å²) in [4.78, 5) is 25.6. The number of hydrogen-bond donors (Lipinski definition) is 2. The van der Waals surface area contributed by atoms with Crippen molar-refractivity contribution in [1.82, 2.24) is 10.2 Å². The van der Waals surface area contributed by atoms with Crippen LogP contribution < -0.4 is 11.1 Å². The highest BCUT2D eigenvalue weighted by atomic mass is 16.2. The molecule has 0 aromatic carbocycles. The molecule has 1 heterocycles. The Morgan fingerprint density at radius 2 is 1.95 bits per heavy atom. The van der Waals surface area contributed by atoms with Gasteiger partial charge in [0.05, 0.1) is 0 Å². The number of nitrogens with zero attached hydrogens (tertiary/aromatic N) is 1. The highest BCUT2D eigenvalue weighted by Gasteiger charge is 2.31. The molecule has 2 atom stereocenters. The van der Waals surface area contributed by atoms with Gasteiger partial charge in [0.2, 0.25) is 0 Å². The van der Waals surface area contributed by atoms with Crippen LogP contribution in [0.15, 0.2) is 0 Å². The molecule has 114 valence electrons. The normalized spacial score (nSPS) is 29.2. The van der Waals surface area contributed by atoms with Crippen LogP contribution in [0.2, 0.25) is 0 Å². The molecule has 0 bridgehead atoms. The molecule has 2 amide bonds. The lowest BCUT2D eigenvalue weighted by molar-refractivity contribution is -0.146. The molecule has 0 radical (unpaired) electrons. The molecule has 2 rings (SSSR count). The van der Waals surface area contributed by atoms with E-state index in [0.29, 0.717) is 31.5 Å². The van der Waals surface area contributed by atoms with Gasteiger partial charge in [-0.1, -0.05) is 19.8 Å². The molecule has 2 unspecified atom stereocenters. The van der Waals surface area contributed by atoms with Crippen LogP contribution in [-0.4, -0.2) is 41.9 Å². The molecule has 5 heteroatoms. The topological polar surface area (TPSA) is 75.4 Å². The molecule has 2 fully saturated rings. The van der Waals surface area contributed by atoms with Crippen LogP contribution in [0.4, 0.5) is 0 Å². The first-order chi connectivity index (χ1) is 9.39. The second kappa shape index (κ2) is 6.12. The van der Waals surface area contributed by atoms with Crippen molar-refractivity contribution < 1.29 is 9.59 Å². The summed E-state index contributed by atoms with van der Waals surface area (Å²) < 4.78 is 0. The minimum absolute atomic E-state index is 0.202. The second-order valence-electron chi connectivity index (χ2n) is 6.82. The van der Waals surface area contributed by atoms with Crippen molar-refractivity contribution in [3.8, 4) is 0 Å². The molecule has 20 heavy (non-hydrogen) atoms. The van der Waals surface area contributed by atoms with Gasteiger partial charge < -0.3 is 16.0 Å². The van der Waals surface area contributed by atoms with Crippen LogP contribution in [-0.2, 0) is 9.59 Å². The van der Waals surface area contributed by atoms with Gasteiger partial charge in [0, 0.05) is 25.2 Å². The van der Waals surface area contributed by atoms with Crippen molar-refractivity contribution in [1.29, 1.82) is 0 Å². The molecular weight excluding hydrogens is 254 g/mol. The molecule has 0 aromatic heterocycles. The van der Waals surface area contributed by atoms with Gasteiger partial charge in [-0.3, -0.25) is 9.59 Å². The number of nitrogens with one attached hydrogen (secondary N) is 1. The summed E-state index contributed by atoms with van der Waals surface area (Å²) in [5.41, 5.74) is 5.83. The minimum Gasteiger partial charge on any atom is -0.348 e. The number of nitrogens with two attached hydrogens (primary N) is 1. The fourth-order valence-corrected chi connectivity index (χ4v) is 3.19. The van der Waals surface area contributed by atoms with E-state index in [1.54, 1.807) is 4.90 Å². The molecule has 3 N–H and O–H groups in total. The van der Waals surface area contributed by atoms with E-state index in [9.17, 15) is 9.59 Å². The van der Waals surface area contributed by atoms with Gasteiger partial charge in [-0.15, -0.1) is 0 Å². The van der Waals surface area contributed by atoms with Gasteiger partial charge in [-0.2, -0.15) is 0 Å². The Kier molecular flexibility index (Phi) is 4.68. The summed E-state index contributed by atoms with van der Waals surface area (Å²) in [6, 6.07) is 0. The van der Waals surface area contributed by atoms with E-state index >= 15 is 0 Å². The smallest absolute Gasteiger partial charge is 0.311 e. The van der Waals surface area contributed by atoms with Crippen LogP contribution >= 0.6 is 0 Å². The average molecular weight is 281 g/mol. The lowest BCUT2D eigenvalue weighted by Gasteiger charge is -2.36. The monoisotopic (exact) mass is 281 g/mol. The van der Waals surface area contributed by atoms with Crippen molar-refractivity contribution in [2.75, 3.05) is 19.6 Å². The maximum atomic E-state index is 12.1. The van der Waals surface area contributed by atoms with Gasteiger partial charge in [-0.05, 0) is 38.0 Å². The molecule has 2 aliphatic rings. The highest BCUT2D eigenvalue weighted by molar-refractivity contribution is 6.35. The van der Waals surface area contributed by atoms with Crippen molar-refractivity contribution in [2.24, 2.45) is 17.6 Å². The van der Waals surface area contributed by atoms with E-state index in [-0.39, 0.29) is 5.54 Å². The van der Waals surface area contributed by atoms with Gasteiger partial charge in [0.15, 0.2) is 0 Å². The van der Waals surface area contributed by atoms with Gasteiger partial charge >= 0.3 is 11.8 Å². The van der Waals surface area contributed by atoms with Crippen LogP contribution in [0.1, 0.15) is 46.0 Å². The number of likely N-dealkylation sites (tertiary alicyclic amines) is 1. The molecule has 5 nitrogen and oxygen atoms in total. The standard InChI is InChI=1S/C15H27N3O2/c1-11-4-3-5-12(11)10-17-13(19)14(20)18-8-6-15(2,16)7-9-18/h11-12H,3-10,16H2,1-2H3,(H,17,19). The first-order valence-electron chi connectivity index (χ1n) is 7.75. The first-order valence-corrected chi connectivity index (χ1v) is 7.75. The summed E-state index contributed by atoms with van der Waals surface area (Å²) in [5, 5.41) is 2.81. The van der Waals surface area contributed by atoms with Crippen molar-refractivity contribution in [3.05, 3.63) is 0 Å². The lowest BCUT2D eigenvalue weighted by Crippen LogP contribution is -2.53. The maximum absolute atomic E-state index is 12.1. The van der Waals surface area contributed by atoms with Crippen molar-refractivity contribution >= 4 is 11.8 Å². The van der Waals surface area contributed by atoms with E-state index in [1.165, 1.54) is 12.8 Å². The number of carbonyl (C=O) groups excluding carboxylic acids is 2. The second-order valence-corrected chi connectivity index (χ2v) is 6.82. The lowest BCUT2D eigenvalue weighted by atomic mass is 9.91. The Bertz CT molecular complexity index is 371. The minimum atomic E-state index is -0.454. The van der Waals surface area contributed by atoms with Gasteiger partial charge in [0.25, 0.3) is 0 Å². The Morgan fingerprint density at radius 3 is 2.50 bits per heavy atom. The zero-order chi connectivity index (χ0) is 14.8. The quantitative estimate of drug-likeness (QED) is 0.738. The largest absolute Gasteiger partial charge is 0.348 e. The summed E-state index contributed by atoms with van der Waals surface area (Å²) in [7, 11) is 0. The Balaban J connectivity index is 1.76. The SMILES string of the molecule is CC1CCCC1CNC(=O)C(=O)N1CCC(C)(N)CC1. The predicted molar refractivity (Wildman–Crippen MR) is 77.9 cm³/mol. The molecule has 1 saturated heterocycles. The van der Waals surface area contributed by atoms with Gasteiger partial charge in [-0.25, -0.2) is 0 Å². The van der Waals surface area contributed by atoms with E-state index in [1.807, 2.05) is 6.92 Å². The summed E-state index contributed by atoms with van der Waals surface area (Å²) in [6.07, 6.45) is 5.13. The van der Waals surface area contributed by atoms with Crippen LogP contribution in [0, 0.1) is 11.8 Å². The maximum Gasteiger partial charge on any atom is 0.311 e. The fourth-order valence-electron chi connectivity index (χ4n) is 3.19. The Morgan fingerprint density at radius 1 is 1.30 bits per heavy atom. The van der Waals surface area contributed by atoms with E-state index in [2.05, 4.69) is 12.2 Å². The number of hydrogen-bond acceptors (Lipinski definition) is 3. The van der Waals surface area contributed by atoms with Crippen LogP contribution in [0.5, 0.6) is 0 Å². The average Bonchev–Trinajstić information content (AvgIpc) is 2.81. The van der Waals surface area contributed by atoms with Crippen LogP contribution in [0.3, 0.4) is 0 Å². The van der Waals surface area contributed by atoms with Crippen molar-refractivity contribution in [2.45, 2.75) is 51.5 Å². The number of rotatable bonds is 2. The van der Waals surface area contributed by atoms with Crippen LogP contribution in [0.25, 0.3) is 0 Å². The number of piperidine rings is 1. The highest BCUT2D eigenvalue weighted by Crippen LogP contribution is 2.30.